The van der Waals surface area contributed by atoms with Gasteiger partial charge in [-0.3, -0.25) is 9.59 Å². The van der Waals surface area contributed by atoms with Crippen LogP contribution < -0.4 is 0 Å². The maximum atomic E-state index is 12.5. The second-order valence-electron chi connectivity index (χ2n) is 15.9. The van der Waals surface area contributed by atoms with E-state index < -0.39 is 6.10 Å². The van der Waals surface area contributed by atoms with E-state index in [2.05, 4.69) is 56.8 Å². The number of ether oxygens (including phenoxy) is 4. The summed E-state index contributed by atoms with van der Waals surface area (Å²) < 4.78 is 23.3. The van der Waals surface area contributed by atoms with Gasteiger partial charge >= 0.3 is 11.9 Å². The third-order valence-corrected chi connectivity index (χ3v) is 11.2. The van der Waals surface area contributed by atoms with Gasteiger partial charge in [-0.2, -0.15) is 0 Å². The summed E-state index contributed by atoms with van der Waals surface area (Å²) in [6.45, 7) is 18.8. The first-order valence-corrected chi connectivity index (χ1v) is 23.9. The normalized spacial score (nSPS) is 12.9. The number of carbonyl (C=O) groups is 2. The summed E-state index contributed by atoms with van der Waals surface area (Å²) in [4.78, 5) is 25.1. The molecule has 0 saturated heterocycles. The van der Waals surface area contributed by atoms with Crippen molar-refractivity contribution in [3.8, 4) is 0 Å². The molecule has 0 amide bonds. The van der Waals surface area contributed by atoms with E-state index in [0.717, 1.165) is 38.0 Å². The van der Waals surface area contributed by atoms with Gasteiger partial charge in [-0.25, -0.2) is 0 Å². The number of esters is 2. The Morgan fingerprint density at radius 1 is 0.444 bits per heavy atom. The van der Waals surface area contributed by atoms with Crippen LogP contribution in [0.3, 0.4) is 0 Å². The van der Waals surface area contributed by atoms with Gasteiger partial charge in [0, 0.05) is 31.0 Å². The summed E-state index contributed by atoms with van der Waals surface area (Å²) in [5, 5.41) is 0.468. The van der Waals surface area contributed by atoms with Gasteiger partial charge in [0.2, 0.25) is 0 Å². The summed E-state index contributed by atoms with van der Waals surface area (Å²) in [7, 11) is 0. The first kappa shape index (κ1) is 52.5. The monoisotopic (exact) mass is 827 g/mol. The number of alkyl halides is 1. The van der Waals surface area contributed by atoms with Crippen LogP contribution in [0.4, 0.5) is 0 Å². The highest BCUT2D eigenvalue weighted by atomic mass is 79.9. The standard InChI is InChI=1S/C47H87BrO6/c1-7-11-15-19-21-25-33-43(31-23-17-13-9-3)38-51-41(5)29-27-30-42(6)52-40-45(37-48)54-47(50)36-28-35-46(49)53-39-44(32-24-18-14-10-4)34-26-22-20-16-12-8-2/h43-45H,5-40H2,1-4H3. The Labute approximate surface area is 343 Å². The molecular formula is C47H87BrO6. The van der Waals surface area contributed by atoms with Crippen LogP contribution in [-0.2, 0) is 28.5 Å². The molecule has 3 atom stereocenters. The van der Waals surface area contributed by atoms with Crippen molar-refractivity contribution in [2.24, 2.45) is 11.8 Å². The van der Waals surface area contributed by atoms with Gasteiger partial charge in [0.1, 0.15) is 12.7 Å². The Bertz CT molecular complexity index is 891. The Balaban J connectivity index is 4.34. The lowest BCUT2D eigenvalue weighted by Crippen LogP contribution is -2.25. The van der Waals surface area contributed by atoms with Crippen molar-refractivity contribution in [2.75, 3.05) is 25.2 Å². The minimum Gasteiger partial charge on any atom is -0.498 e. The van der Waals surface area contributed by atoms with E-state index in [0.29, 0.717) is 42.4 Å². The highest BCUT2D eigenvalue weighted by Crippen LogP contribution is 2.23. The fraction of sp³-hybridized carbons (Fsp3) is 0.872. The van der Waals surface area contributed by atoms with Gasteiger partial charge in [-0.1, -0.05) is 185 Å². The lowest BCUT2D eigenvalue weighted by atomic mass is 9.95. The molecule has 0 aromatic carbocycles. The van der Waals surface area contributed by atoms with E-state index in [-0.39, 0.29) is 31.4 Å². The number of halogens is 1. The van der Waals surface area contributed by atoms with Crippen molar-refractivity contribution < 1.29 is 28.5 Å². The van der Waals surface area contributed by atoms with E-state index in [1.165, 1.54) is 141 Å². The third-order valence-electron chi connectivity index (χ3n) is 10.5. The highest BCUT2D eigenvalue weighted by molar-refractivity contribution is 9.09. The van der Waals surface area contributed by atoms with Crippen LogP contribution in [0.25, 0.3) is 0 Å². The SMILES string of the molecule is C=C(CCCC(=C)OCC(CBr)OC(=O)CCCC(=O)OCC(CCCCCC)CCCCCCCC)OCC(CCCCCC)CCCCCCCC. The van der Waals surface area contributed by atoms with Gasteiger partial charge in [0.05, 0.1) is 24.7 Å². The molecule has 7 heteroatoms. The lowest BCUT2D eigenvalue weighted by Gasteiger charge is -2.19. The van der Waals surface area contributed by atoms with Crippen LogP contribution in [0.5, 0.6) is 0 Å². The van der Waals surface area contributed by atoms with E-state index in [1.807, 2.05) is 0 Å². The van der Waals surface area contributed by atoms with Crippen LogP contribution in [-0.4, -0.2) is 43.2 Å². The van der Waals surface area contributed by atoms with Gasteiger partial charge in [-0.15, -0.1) is 0 Å². The average Bonchev–Trinajstić information content (AvgIpc) is 3.16. The summed E-state index contributed by atoms with van der Waals surface area (Å²) in [6.07, 6.45) is 33.3. The lowest BCUT2D eigenvalue weighted by molar-refractivity contribution is -0.150. The number of unbranched alkanes of at least 4 members (excludes halogenated alkanes) is 16. The molecule has 318 valence electrons. The predicted octanol–water partition coefficient (Wildman–Crippen LogP) is 14.9. The zero-order valence-electron chi connectivity index (χ0n) is 36.0. The molecule has 0 bridgehead atoms. The van der Waals surface area contributed by atoms with Crippen LogP contribution in [0.1, 0.15) is 220 Å². The molecule has 0 fully saturated rings. The van der Waals surface area contributed by atoms with Crippen LogP contribution >= 0.6 is 15.9 Å². The fourth-order valence-corrected chi connectivity index (χ4v) is 7.18. The van der Waals surface area contributed by atoms with E-state index in [9.17, 15) is 9.59 Å². The molecule has 0 spiro atoms. The van der Waals surface area contributed by atoms with Crippen molar-refractivity contribution in [1.82, 2.24) is 0 Å². The van der Waals surface area contributed by atoms with Crippen molar-refractivity contribution in [2.45, 2.75) is 226 Å². The molecule has 0 N–H and O–H groups in total. The Hall–Kier alpha value is -1.50. The second kappa shape index (κ2) is 39.7. The van der Waals surface area contributed by atoms with E-state index >= 15 is 0 Å². The maximum absolute atomic E-state index is 12.5. The van der Waals surface area contributed by atoms with Crippen molar-refractivity contribution in [1.29, 1.82) is 0 Å². The molecule has 0 heterocycles. The Kier molecular flexibility index (Phi) is 38.6. The number of hydrogen-bond acceptors (Lipinski definition) is 6. The Morgan fingerprint density at radius 3 is 1.24 bits per heavy atom. The summed E-state index contributed by atoms with van der Waals surface area (Å²) in [5.74, 6) is 2.02. The number of allylic oxidation sites excluding steroid dienone is 2. The van der Waals surface area contributed by atoms with Gasteiger partial charge in [-0.05, 0) is 50.4 Å². The number of carbonyl (C=O) groups excluding carboxylic acids is 2. The van der Waals surface area contributed by atoms with Crippen molar-refractivity contribution >= 4 is 27.9 Å². The van der Waals surface area contributed by atoms with Crippen LogP contribution in [0.2, 0.25) is 0 Å². The highest BCUT2D eigenvalue weighted by Gasteiger charge is 2.17. The van der Waals surface area contributed by atoms with Crippen molar-refractivity contribution in [3.05, 3.63) is 24.7 Å². The fourth-order valence-electron chi connectivity index (χ4n) is 6.86. The van der Waals surface area contributed by atoms with E-state index in [1.54, 1.807) is 0 Å². The van der Waals surface area contributed by atoms with Gasteiger partial charge < -0.3 is 18.9 Å². The third kappa shape index (κ3) is 35.0. The molecule has 0 aliphatic carbocycles. The largest absolute Gasteiger partial charge is 0.498 e. The molecule has 0 aliphatic heterocycles. The molecule has 3 unspecified atom stereocenters. The van der Waals surface area contributed by atoms with Crippen molar-refractivity contribution in [3.63, 3.8) is 0 Å². The predicted molar refractivity (Wildman–Crippen MR) is 233 cm³/mol. The summed E-state index contributed by atoms with van der Waals surface area (Å²) in [6, 6.07) is 0. The average molecular weight is 828 g/mol. The number of hydrogen-bond donors (Lipinski definition) is 0. The molecule has 0 radical (unpaired) electrons. The molecule has 0 rings (SSSR count). The molecule has 0 aromatic rings. The quantitative estimate of drug-likeness (QED) is 0.0264. The number of rotatable bonds is 42. The maximum Gasteiger partial charge on any atom is 0.306 e. The summed E-state index contributed by atoms with van der Waals surface area (Å²) in [5.41, 5.74) is 0. The molecule has 54 heavy (non-hydrogen) atoms. The first-order chi connectivity index (χ1) is 26.3. The zero-order valence-corrected chi connectivity index (χ0v) is 37.6. The van der Waals surface area contributed by atoms with Crippen LogP contribution in [0, 0.1) is 11.8 Å². The Morgan fingerprint density at radius 2 is 0.796 bits per heavy atom. The summed E-state index contributed by atoms with van der Waals surface area (Å²) >= 11 is 3.44. The molecule has 6 nitrogen and oxygen atoms in total. The minimum atomic E-state index is -0.421. The van der Waals surface area contributed by atoms with Gasteiger partial charge in [0.15, 0.2) is 0 Å². The van der Waals surface area contributed by atoms with E-state index in [4.69, 9.17) is 18.9 Å². The van der Waals surface area contributed by atoms with Gasteiger partial charge in [0.25, 0.3) is 0 Å². The van der Waals surface area contributed by atoms with Crippen LogP contribution in [0.15, 0.2) is 24.7 Å². The smallest absolute Gasteiger partial charge is 0.306 e. The first-order valence-electron chi connectivity index (χ1n) is 22.8. The second-order valence-corrected chi connectivity index (χ2v) is 16.5. The topological polar surface area (TPSA) is 71.1 Å². The zero-order chi connectivity index (χ0) is 39.9. The molecule has 0 aliphatic rings. The molecule has 0 saturated carbocycles. The molecule has 0 aromatic heterocycles. The molecular weight excluding hydrogens is 740 g/mol. The minimum absolute atomic E-state index is 0.179.